The Morgan fingerprint density at radius 3 is 2.33 bits per heavy atom. The number of nitrogens with zero attached hydrogens (tertiary/aromatic N) is 3. The van der Waals surface area contributed by atoms with Crippen LogP contribution in [0, 0.1) is 0 Å². The van der Waals surface area contributed by atoms with Crippen LogP contribution in [0.25, 0.3) is 0 Å². The van der Waals surface area contributed by atoms with Crippen molar-refractivity contribution in [1.29, 1.82) is 0 Å². The zero-order chi connectivity index (χ0) is 16.3. The molecule has 0 N–H and O–H groups in total. The molecule has 0 bridgehead atoms. The molecule has 1 saturated carbocycles. The molecule has 1 aromatic carbocycles. The Kier molecular flexibility index (Phi) is 3.20. The molecule has 3 aliphatic heterocycles. The molecule has 1 aliphatic carbocycles. The van der Waals surface area contributed by atoms with E-state index in [0.717, 1.165) is 37.9 Å². The van der Waals surface area contributed by atoms with Crippen molar-refractivity contribution in [3.63, 3.8) is 0 Å². The number of carbonyl (C=O) groups is 2. The third kappa shape index (κ3) is 2.10. The summed E-state index contributed by atoms with van der Waals surface area (Å²) >= 11 is 0. The Morgan fingerprint density at radius 1 is 0.833 bits per heavy atom. The minimum absolute atomic E-state index is 0.0427. The van der Waals surface area contributed by atoms with Gasteiger partial charge in [0.05, 0.1) is 12.1 Å². The van der Waals surface area contributed by atoms with Crippen LogP contribution in [-0.4, -0.2) is 57.9 Å². The Labute approximate surface area is 142 Å². The Hall–Kier alpha value is -1.88. The lowest BCUT2D eigenvalue weighted by Crippen LogP contribution is -2.43. The highest BCUT2D eigenvalue weighted by molar-refractivity contribution is 6.05. The van der Waals surface area contributed by atoms with Gasteiger partial charge < -0.3 is 4.90 Å². The molecule has 0 unspecified atom stereocenters. The fourth-order valence-corrected chi connectivity index (χ4v) is 4.79. The zero-order valence-corrected chi connectivity index (χ0v) is 13.8. The number of likely N-dealkylation sites (tertiary alicyclic amines) is 1. The second-order valence-corrected chi connectivity index (χ2v) is 7.59. The second-order valence-electron chi connectivity index (χ2n) is 7.59. The number of carbonyl (C=O) groups excluding carboxylic acids is 2. The minimum atomic E-state index is -0.238. The lowest BCUT2D eigenvalue weighted by Gasteiger charge is -2.26. The number of imide groups is 1. The molecule has 4 aliphatic rings. The highest BCUT2D eigenvalue weighted by Crippen LogP contribution is 2.42. The van der Waals surface area contributed by atoms with Crippen molar-refractivity contribution in [3.8, 4) is 0 Å². The Morgan fingerprint density at radius 2 is 1.58 bits per heavy atom. The molecule has 5 rings (SSSR count). The molecule has 3 amide bonds. The molecule has 0 radical (unpaired) electrons. The van der Waals surface area contributed by atoms with Crippen LogP contribution in [0.3, 0.4) is 0 Å². The molecule has 3 heterocycles. The lowest BCUT2D eigenvalue weighted by molar-refractivity contribution is -0.129. The van der Waals surface area contributed by atoms with Gasteiger partial charge in [0.15, 0.2) is 0 Å². The van der Waals surface area contributed by atoms with Gasteiger partial charge in [-0.1, -0.05) is 30.3 Å². The Bertz CT molecular complexity index is 672. The van der Waals surface area contributed by atoms with Gasteiger partial charge in [-0.2, -0.15) is 0 Å². The largest absolute Gasteiger partial charge is 0.328 e. The number of urea groups is 1. The first kappa shape index (κ1) is 14.5. The van der Waals surface area contributed by atoms with Gasteiger partial charge in [-0.15, -0.1) is 0 Å². The fourth-order valence-electron chi connectivity index (χ4n) is 4.79. The average molecular weight is 325 g/mol. The summed E-state index contributed by atoms with van der Waals surface area (Å²) in [6.45, 7) is 1.90. The molecule has 3 atom stereocenters. The average Bonchev–Trinajstić information content (AvgIpc) is 3.09. The summed E-state index contributed by atoms with van der Waals surface area (Å²) in [7, 11) is 0. The summed E-state index contributed by atoms with van der Waals surface area (Å²) in [4.78, 5) is 31.9. The zero-order valence-electron chi connectivity index (χ0n) is 13.8. The van der Waals surface area contributed by atoms with Gasteiger partial charge in [-0.25, -0.2) is 4.79 Å². The molecule has 4 fully saturated rings. The molecule has 5 heteroatoms. The molecule has 24 heavy (non-hydrogen) atoms. The van der Waals surface area contributed by atoms with E-state index in [2.05, 4.69) is 17.0 Å². The van der Waals surface area contributed by atoms with Crippen LogP contribution < -0.4 is 0 Å². The summed E-state index contributed by atoms with van der Waals surface area (Å²) in [5, 5.41) is 0. The summed E-state index contributed by atoms with van der Waals surface area (Å²) in [6.07, 6.45) is 5.17. The van der Waals surface area contributed by atoms with Crippen molar-refractivity contribution >= 4 is 11.9 Å². The minimum Gasteiger partial charge on any atom is -0.305 e. The van der Waals surface area contributed by atoms with Crippen molar-refractivity contribution < 1.29 is 9.59 Å². The van der Waals surface area contributed by atoms with Crippen LogP contribution in [0.1, 0.15) is 43.7 Å². The second kappa shape index (κ2) is 5.31. The van der Waals surface area contributed by atoms with E-state index in [1.165, 1.54) is 12.8 Å². The molecule has 0 spiro atoms. The monoisotopic (exact) mass is 325 g/mol. The number of hydrogen-bond donors (Lipinski definition) is 0. The molecule has 126 valence electrons. The van der Waals surface area contributed by atoms with Crippen molar-refractivity contribution in [2.45, 2.75) is 56.3 Å². The Balaban J connectivity index is 1.38. The highest BCUT2D eigenvalue weighted by atomic mass is 16.2. The van der Waals surface area contributed by atoms with Gasteiger partial charge in [0, 0.05) is 19.1 Å². The van der Waals surface area contributed by atoms with Gasteiger partial charge >= 0.3 is 6.03 Å². The van der Waals surface area contributed by atoms with Crippen molar-refractivity contribution in [2.75, 3.05) is 13.1 Å². The maximum Gasteiger partial charge on any atom is 0.328 e. The normalized spacial score (nSPS) is 33.6. The topological polar surface area (TPSA) is 43.9 Å². The van der Waals surface area contributed by atoms with Gasteiger partial charge in [0.25, 0.3) is 5.91 Å². The van der Waals surface area contributed by atoms with Crippen LogP contribution in [0.15, 0.2) is 30.3 Å². The SMILES string of the molecule is O=C1[C@@H]2CC[C@@H](c3ccccc3)N2C(=O)N1[C@H]1CCN(C2CC2)C1. The van der Waals surface area contributed by atoms with Crippen molar-refractivity contribution in [2.24, 2.45) is 0 Å². The first-order chi connectivity index (χ1) is 11.7. The quantitative estimate of drug-likeness (QED) is 0.802. The third-order valence-corrected chi connectivity index (χ3v) is 6.14. The van der Waals surface area contributed by atoms with E-state index in [-0.39, 0.29) is 30.1 Å². The standard InChI is InChI=1S/C19H23N3O2/c23-18-17-9-8-16(13-4-2-1-3-5-13)22(17)19(24)21(18)15-10-11-20(12-15)14-6-7-14/h1-5,14-17H,6-12H2/t15-,16-,17-/m0/s1. The predicted octanol–water partition coefficient (Wildman–Crippen LogP) is 2.39. The van der Waals surface area contributed by atoms with Gasteiger partial charge in [0.1, 0.15) is 6.04 Å². The number of amides is 3. The van der Waals surface area contributed by atoms with E-state index in [4.69, 9.17) is 0 Å². The lowest BCUT2D eigenvalue weighted by atomic mass is 10.0. The number of hydrogen-bond acceptors (Lipinski definition) is 3. The van der Waals surface area contributed by atoms with E-state index < -0.39 is 0 Å². The first-order valence-corrected chi connectivity index (χ1v) is 9.18. The van der Waals surface area contributed by atoms with Crippen LogP contribution in [-0.2, 0) is 4.79 Å². The maximum absolute atomic E-state index is 13.1. The molecule has 1 aromatic rings. The third-order valence-electron chi connectivity index (χ3n) is 6.14. The van der Waals surface area contributed by atoms with Crippen molar-refractivity contribution in [3.05, 3.63) is 35.9 Å². The van der Waals surface area contributed by atoms with E-state index in [1.807, 2.05) is 23.1 Å². The summed E-state index contributed by atoms with van der Waals surface area (Å²) in [6, 6.07) is 10.7. The van der Waals surface area contributed by atoms with Crippen LogP contribution >= 0.6 is 0 Å². The molecular weight excluding hydrogens is 302 g/mol. The number of rotatable bonds is 3. The molecular formula is C19H23N3O2. The fraction of sp³-hybridized carbons (Fsp3) is 0.579. The van der Waals surface area contributed by atoms with Crippen LogP contribution in [0.4, 0.5) is 4.79 Å². The smallest absolute Gasteiger partial charge is 0.305 e. The summed E-state index contributed by atoms with van der Waals surface area (Å²) < 4.78 is 0. The predicted molar refractivity (Wildman–Crippen MR) is 89.3 cm³/mol. The van der Waals surface area contributed by atoms with Crippen LogP contribution in [0.5, 0.6) is 0 Å². The summed E-state index contributed by atoms with van der Waals surface area (Å²) in [5.74, 6) is 0.0427. The van der Waals surface area contributed by atoms with E-state index >= 15 is 0 Å². The van der Waals surface area contributed by atoms with Gasteiger partial charge in [-0.05, 0) is 37.7 Å². The van der Waals surface area contributed by atoms with Gasteiger partial charge in [-0.3, -0.25) is 14.6 Å². The maximum atomic E-state index is 13.1. The highest BCUT2D eigenvalue weighted by Gasteiger charge is 2.54. The number of benzene rings is 1. The first-order valence-electron chi connectivity index (χ1n) is 9.18. The van der Waals surface area contributed by atoms with E-state index in [0.29, 0.717) is 6.04 Å². The molecule has 5 nitrogen and oxygen atoms in total. The molecule has 3 saturated heterocycles. The number of fused-ring (bicyclic) bond motifs is 1. The summed E-state index contributed by atoms with van der Waals surface area (Å²) in [5.41, 5.74) is 1.15. The van der Waals surface area contributed by atoms with Crippen LogP contribution in [0.2, 0.25) is 0 Å². The van der Waals surface area contributed by atoms with Gasteiger partial charge in [0.2, 0.25) is 0 Å². The van der Waals surface area contributed by atoms with E-state index in [1.54, 1.807) is 4.90 Å². The van der Waals surface area contributed by atoms with E-state index in [9.17, 15) is 9.59 Å². The molecule has 0 aromatic heterocycles. The van der Waals surface area contributed by atoms with Crippen molar-refractivity contribution in [1.82, 2.24) is 14.7 Å².